The number of fused-ring (bicyclic) bond motifs is 1. The lowest BCUT2D eigenvalue weighted by Crippen LogP contribution is -2.40. The molecule has 0 bridgehead atoms. The minimum absolute atomic E-state index is 0.0144. The van der Waals surface area contributed by atoms with Gasteiger partial charge < -0.3 is 34.0 Å². The SMILES string of the molecule is CCOC(=O)CCCCCCCCc1ccc2c(n1)N(C(=O)OC(C)(C)C)CCC2.NCCOCCOCCOCCn1ccccc1=O. The molecular weight excluding hydrogens is 628 g/mol. The Balaban J connectivity index is 0.000000377. The van der Waals surface area contributed by atoms with E-state index in [4.69, 9.17) is 34.4 Å². The molecule has 0 atom stereocenters. The molecule has 12 heteroatoms. The van der Waals surface area contributed by atoms with Crippen LogP contribution in [-0.4, -0.2) is 86.6 Å². The molecule has 0 radical (unpaired) electrons. The van der Waals surface area contributed by atoms with Crippen LogP contribution >= 0.6 is 0 Å². The summed E-state index contributed by atoms with van der Waals surface area (Å²) in [4.78, 5) is 41.8. The van der Waals surface area contributed by atoms with Crippen LogP contribution in [0.4, 0.5) is 10.6 Å². The molecule has 0 aliphatic carbocycles. The van der Waals surface area contributed by atoms with E-state index in [0.717, 1.165) is 74.9 Å². The molecule has 3 rings (SSSR count). The van der Waals surface area contributed by atoms with Crippen molar-refractivity contribution in [1.29, 1.82) is 0 Å². The fraction of sp³-hybridized carbons (Fsp3) is 0.676. The topological polar surface area (TPSA) is 144 Å². The molecule has 1 aliphatic rings. The number of unbranched alkanes of at least 4 members (excludes halogenated alkanes) is 5. The molecule has 49 heavy (non-hydrogen) atoms. The lowest BCUT2D eigenvalue weighted by molar-refractivity contribution is -0.143. The minimum atomic E-state index is -0.511. The van der Waals surface area contributed by atoms with Crippen LogP contribution in [0.3, 0.4) is 0 Å². The van der Waals surface area contributed by atoms with Gasteiger partial charge in [0.25, 0.3) is 5.56 Å². The summed E-state index contributed by atoms with van der Waals surface area (Å²) in [6, 6.07) is 9.29. The van der Waals surface area contributed by atoms with E-state index in [9.17, 15) is 14.4 Å². The van der Waals surface area contributed by atoms with Crippen molar-refractivity contribution in [3.8, 4) is 0 Å². The first-order valence-corrected chi connectivity index (χ1v) is 17.9. The standard InChI is InChI=1S/C24H38N2O4.C13H22N2O4/c1-5-29-21(27)15-11-9-7-6-8-10-14-20-17-16-19-13-12-18-26(22(19)25-20)23(28)30-24(2,3)4;14-4-7-17-9-11-19-12-10-18-8-6-15-5-2-1-3-13(15)16/h16-17H,5-15,18H2,1-4H3;1-3,5H,4,6-12,14H2. The maximum absolute atomic E-state index is 12.6. The molecule has 12 nitrogen and oxygen atoms in total. The monoisotopic (exact) mass is 688 g/mol. The number of aromatic nitrogens is 2. The van der Waals surface area contributed by atoms with Gasteiger partial charge in [0, 0.05) is 44.0 Å². The number of anilines is 1. The Labute approximate surface area is 292 Å². The van der Waals surface area contributed by atoms with E-state index in [-0.39, 0.29) is 17.6 Å². The zero-order valence-electron chi connectivity index (χ0n) is 30.3. The number of aryl methyl sites for hydroxylation is 2. The summed E-state index contributed by atoms with van der Waals surface area (Å²) >= 11 is 0. The summed E-state index contributed by atoms with van der Waals surface area (Å²) in [7, 11) is 0. The Bertz CT molecular complexity index is 1260. The summed E-state index contributed by atoms with van der Waals surface area (Å²) in [5.74, 6) is 0.684. The zero-order valence-corrected chi connectivity index (χ0v) is 30.3. The van der Waals surface area contributed by atoms with Gasteiger partial charge in [0.2, 0.25) is 0 Å². The molecule has 0 spiro atoms. The molecule has 0 fully saturated rings. The van der Waals surface area contributed by atoms with Crippen LogP contribution in [0.2, 0.25) is 0 Å². The predicted octanol–water partition coefficient (Wildman–Crippen LogP) is 5.46. The Hall–Kier alpha value is -3.32. The predicted molar refractivity (Wildman–Crippen MR) is 191 cm³/mol. The van der Waals surface area contributed by atoms with Crippen molar-refractivity contribution in [2.45, 2.75) is 104 Å². The number of nitrogens with zero attached hydrogens (tertiary/aromatic N) is 3. The maximum atomic E-state index is 12.6. The summed E-state index contributed by atoms with van der Waals surface area (Å²) < 4.78 is 27.9. The van der Waals surface area contributed by atoms with Crippen LogP contribution in [0.1, 0.15) is 90.3 Å². The molecule has 0 unspecified atom stereocenters. The van der Waals surface area contributed by atoms with Crippen LogP contribution in [0.5, 0.6) is 0 Å². The van der Waals surface area contributed by atoms with Gasteiger partial charge in [-0.3, -0.25) is 14.5 Å². The van der Waals surface area contributed by atoms with Crippen molar-refractivity contribution in [2.24, 2.45) is 5.73 Å². The van der Waals surface area contributed by atoms with E-state index in [1.807, 2.05) is 33.8 Å². The van der Waals surface area contributed by atoms with Crippen molar-refractivity contribution in [3.63, 3.8) is 0 Å². The number of carbonyl (C=O) groups is 2. The van der Waals surface area contributed by atoms with E-state index in [2.05, 4.69) is 12.1 Å². The molecule has 0 saturated heterocycles. The number of hydrogen-bond acceptors (Lipinski definition) is 10. The largest absolute Gasteiger partial charge is 0.466 e. The minimum Gasteiger partial charge on any atom is -0.466 e. The quantitative estimate of drug-likeness (QED) is 0.133. The van der Waals surface area contributed by atoms with Crippen LogP contribution < -0.4 is 16.2 Å². The number of carbonyl (C=O) groups excluding carboxylic acids is 2. The highest BCUT2D eigenvalue weighted by Gasteiger charge is 2.28. The van der Waals surface area contributed by atoms with E-state index >= 15 is 0 Å². The molecule has 0 aromatic carbocycles. The maximum Gasteiger partial charge on any atom is 0.416 e. The first kappa shape index (κ1) is 41.8. The van der Waals surface area contributed by atoms with Crippen LogP contribution in [0, 0.1) is 0 Å². The number of ether oxygens (including phenoxy) is 5. The van der Waals surface area contributed by atoms with Crippen molar-refractivity contribution < 1.29 is 33.3 Å². The second-order valence-corrected chi connectivity index (χ2v) is 12.8. The second-order valence-electron chi connectivity index (χ2n) is 12.8. The van der Waals surface area contributed by atoms with Gasteiger partial charge in [0.1, 0.15) is 11.4 Å². The van der Waals surface area contributed by atoms with Gasteiger partial charge in [-0.15, -0.1) is 0 Å². The van der Waals surface area contributed by atoms with Crippen LogP contribution in [0.15, 0.2) is 41.3 Å². The van der Waals surface area contributed by atoms with Gasteiger partial charge in [-0.25, -0.2) is 9.78 Å². The van der Waals surface area contributed by atoms with E-state index < -0.39 is 5.60 Å². The molecule has 0 saturated carbocycles. The number of rotatable bonds is 21. The molecule has 3 heterocycles. The average Bonchev–Trinajstić information content (AvgIpc) is 3.07. The van der Waals surface area contributed by atoms with Gasteiger partial charge in [0.15, 0.2) is 0 Å². The first-order valence-electron chi connectivity index (χ1n) is 17.9. The average molecular weight is 689 g/mol. The number of nitrogens with two attached hydrogens (primary N) is 1. The van der Waals surface area contributed by atoms with E-state index in [1.165, 1.54) is 6.07 Å². The highest BCUT2D eigenvalue weighted by molar-refractivity contribution is 5.88. The molecule has 2 aromatic rings. The highest BCUT2D eigenvalue weighted by atomic mass is 16.6. The van der Waals surface area contributed by atoms with Crippen molar-refractivity contribution in [2.75, 3.05) is 64.2 Å². The number of pyridine rings is 2. The molecule has 276 valence electrons. The molecule has 2 aromatic heterocycles. The van der Waals surface area contributed by atoms with Crippen molar-refractivity contribution in [1.82, 2.24) is 9.55 Å². The molecular formula is C37H60N4O8. The van der Waals surface area contributed by atoms with Gasteiger partial charge >= 0.3 is 12.1 Å². The second kappa shape index (κ2) is 24.8. The molecule has 1 aliphatic heterocycles. The molecule has 2 N–H and O–H groups in total. The van der Waals surface area contributed by atoms with Crippen LogP contribution in [-0.2, 0) is 47.9 Å². The van der Waals surface area contributed by atoms with Gasteiger partial charge in [-0.2, -0.15) is 0 Å². The summed E-state index contributed by atoms with van der Waals surface area (Å²) in [5, 5.41) is 0. The van der Waals surface area contributed by atoms with Gasteiger partial charge in [-0.05, 0) is 77.5 Å². The summed E-state index contributed by atoms with van der Waals surface area (Å²) in [6.07, 6.45) is 11.3. The fourth-order valence-electron chi connectivity index (χ4n) is 5.06. The lowest BCUT2D eigenvalue weighted by atomic mass is 10.0. The van der Waals surface area contributed by atoms with E-state index in [0.29, 0.717) is 72.3 Å². The zero-order chi connectivity index (χ0) is 35.7. The van der Waals surface area contributed by atoms with Crippen molar-refractivity contribution >= 4 is 17.9 Å². The van der Waals surface area contributed by atoms with Gasteiger partial charge in [-0.1, -0.05) is 37.8 Å². The third-order valence-electron chi connectivity index (χ3n) is 7.46. The summed E-state index contributed by atoms with van der Waals surface area (Å²) in [5.41, 5.74) is 6.90. The van der Waals surface area contributed by atoms with Crippen molar-refractivity contribution in [3.05, 3.63) is 58.1 Å². The number of hydrogen-bond donors (Lipinski definition) is 1. The molecule has 1 amide bonds. The Morgan fingerprint density at radius 3 is 2.22 bits per heavy atom. The fourth-order valence-corrected chi connectivity index (χ4v) is 5.06. The normalized spacial score (nSPS) is 12.6. The third-order valence-corrected chi connectivity index (χ3v) is 7.46. The van der Waals surface area contributed by atoms with E-state index in [1.54, 1.807) is 21.7 Å². The Kier molecular flexibility index (Phi) is 21.1. The smallest absolute Gasteiger partial charge is 0.416 e. The number of amides is 1. The summed E-state index contributed by atoms with van der Waals surface area (Å²) in [6.45, 7) is 12.9. The lowest BCUT2D eigenvalue weighted by Gasteiger charge is -2.31. The van der Waals surface area contributed by atoms with Gasteiger partial charge in [0.05, 0.1) is 46.2 Å². The Morgan fingerprint density at radius 2 is 1.55 bits per heavy atom. The highest BCUT2D eigenvalue weighted by Crippen LogP contribution is 2.27. The third kappa shape index (κ3) is 18.9. The number of esters is 1. The van der Waals surface area contributed by atoms with Crippen LogP contribution in [0.25, 0.3) is 0 Å². The Morgan fingerprint density at radius 1 is 0.878 bits per heavy atom. The first-order chi connectivity index (χ1) is 23.6.